The van der Waals surface area contributed by atoms with Crippen LogP contribution in [0.25, 0.3) is 0 Å². The molecular formula is C10H17NO3. The molecule has 0 heterocycles. The van der Waals surface area contributed by atoms with Crippen LogP contribution in [0.3, 0.4) is 0 Å². The molecular weight excluding hydrogens is 182 g/mol. The molecule has 0 aromatic heterocycles. The molecule has 1 atom stereocenters. The Bertz CT molecular complexity index is 238. The first kappa shape index (κ1) is 12.7. The van der Waals surface area contributed by atoms with Gasteiger partial charge in [0.15, 0.2) is 5.54 Å². The van der Waals surface area contributed by atoms with Crippen molar-refractivity contribution in [2.75, 3.05) is 0 Å². The maximum absolute atomic E-state index is 11.0. The third-order valence-corrected chi connectivity index (χ3v) is 2.05. The number of carboxylic acid groups (broad SMARTS) is 1. The van der Waals surface area contributed by atoms with E-state index in [1.54, 1.807) is 0 Å². The summed E-state index contributed by atoms with van der Waals surface area (Å²) in [5.74, 6) is -1.42. The zero-order chi connectivity index (χ0) is 11.2. The smallest absolute Gasteiger partial charge is 0.333 e. The Kier molecular flexibility index (Phi) is 4.91. The van der Waals surface area contributed by atoms with Gasteiger partial charge >= 0.3 is 5.97 Å². The van der Waals surface area contributed by atoms with Crippen molar-refractivity contribution in [2.24, 2.45) is 0 Å². The summed E-state index contributed by atoms with van der Waals surface area (Å²) in [7, 11) is 0. The van der Waals surface area contributed by atoms with Crippen LogP contribution >= 0.6 is 0 Å². The van der Waals surface area contributed by atoms with E-state index in [1.165, 1.54) is 13.0 Å². The highest BCUT2D eigenvalue weighted by Crippen LogP contribution is 2.16. The number of amides is 1. The molecule has 4 heteroatoms. The summed E-state index contributed by atoms with van der Waals surface area (Å²) in [6.45, 7) is 6.73. The highest BCUT2D eigenvalue weighted by atomic mass is 16.4. The number of hydrogen-bond donors (Lipinski definition) is 2. The minimum atomic E-state index is -1.30. The Hall–Kier alpha value is -1.32. The lowest BCUT2D eigenvalue weighted by Gasteiger charge is -2.26. The lowest BCUT2D eigenvalue weighted by molar-refractivity contribution is -0.145. The van der Waals surface area contributed by atoms with E-state index in [9.17, 15) is 9.59 Å². The Morgan fingerprint density at radius 1 is 1.57 bits per heavy atom. The van der Waals surface area contributed by atoms with Gasteiger partial charge < -0.3 is 10.4 Å². The fourth-order valence-corrected chi connectivity index (χ4v) is 1.23. The van der Waals surface area contributed by atoms with Crippen molar-refractivity contribution in [1.29, 1.82) is 0 Å². The van der Waals surface area contributed by atoms with Crippen LogP contribution in [0.15, 0.2) is 12.7 Å². The second-order valence-electron chi connectivity index (χ2n) is 3.27. The molecule has 2 N–H and O–H groups in total. The van der Waals surface area contributed by atoms with Crippen molar-refractivity contribution < 1.29 is 14.7 Å². The fourth-order valence-electron chi connectivity index (χ4n) is 1.23. The molecule has 0 aliphatic rings. The van der Waals surface area contributed by atoms with Crippen molar-refractivity contribution in [3.8, 4) is 0 Å². The van der Waals surface area contributed by atoms with Crippen LogP contribution in [0, 0.1) is 0 Å². The van der Waals surface area contributed by atoms with Crippen molar-refractivity contribution in [3.05, 3.63) is 12.7 Å². The molecule has 1 amide bonds. The number of carboxylic acids is 1. The number of carbonyl (C=O) groups excluding carboxylic acids is 1. The van der Waals surface area contributed by atoms with E-state index in [-0.39, 0.29) is 5.91 Å². The van der Waals surface area contributed by atoms with Gasteiger partial charge in [-0.25, -0.2) is 4.79 Å². The molecule has 0 aliphatic carbocycles. The van der Waals surface area contributed by atoms with E-state index in [4.69, 9.17) is 5.11 Å². The Morgan fingerprint density at radius 2 is 2.14 bits per heavy atom. The number of nitrogens with one attached hydrogen (secondary N) is 1. The summed E-state index contributed by atoms with van der Waals surface area (Å²) in [4.78, 5) is 21.9. The Morgan fingerprint density at radius 3 is 2.43 bits per heavy atom. The Balaban J connectivity index is 4.68. The van der Waals surface area contributed by atoms with Gasteiger partial charge in [-0.3, -0.25) is 4.79 Å². The van der Waals surface area contributed by atoms with Crippen LogP contribution in [0.4, 0.5) is 0 Å². The van der Waals surface area contributed by atoms with Gasteiger partial charge in [-0.05, 0) is 6.42 Å². The highest BCUT2D eigenvalue weighted by molar-refractivity contribution is 5.87. The molecule has 0 saturated carbocycles. The third kappa shape index (κ3) is 3.20. The first-order valence-corrected chi connectivity index (χ1v) is 4.64. The quantitative estimate of drug-likeness (QED) is 0.634. The molecule has 0 aromatic carbocycles. The number of carbonyl (C=O) groups is 2. The number of unbranched alkanes of at least 4 members (excludes halogenated alkanes) is 1. The maximum atomic E-state index is 11.0. The zero-order valence-electron chi connectivity index (χ0n) is 8.67. The average molecular weight is 199 g/mol. The first-order chi connectivity index (χ1) is 6.48. The summed E-state index contributed by atoms with van der Waals surface area (Å²) >= 11 is 0. The summed E-state index contributed by atoms with van der Waals surface area (Å²) in [6, 6.07) is 0. The molecule has 0 spiro atoms. The topological polar surface area (TPSA) is 66.4 Å². The first-order valence-electron chi connectivity index (χ1n) is 4.64. The minimum absolute atomic E-state index is 0.358. The summed E-state index contributed by atoms with van der Waals surface area (Å²) in [5, 5.41) is 11.4. The van der Waals surface area contributed by atoms with Gasteiger partial charge in [-0.1, -0.05) is 25.8 Å². The highest BCUT2D eigenvalue weighted by Gasteiger charge is 2.35. The average Bonchev–Trinajstić information content (AvgIpc) is 2.11. The number of hydrogen-bond acceptors (Lipinski definition) is 2. The second kappa shape index (κ2) is 5.42. The second-order valence-corrected chi connectivity index (χ2v) is 3.27. The van der Waals surface area contributed by atoms with Gasteiger partial charge in [0.05, 0.1) is 0 Å². The van der Waals surface area contributed by atoms with Gasteiger partial charge in [0.2, 0.25) is 5.91 Å². The van der Waals surface area contributed by atoms with E-state index in [0.717, 1.165) is 12.8 Å². The van der Waals surface area contributed by atoms with Gasteiger partial charge in [0, 0.05) is 6.92 Å². The molecule has 0 saturated heterocycles. The van der Waals surface area contributed by atoms with Crippen LogP contribution in [0.1, 0.15) is 33.1 Å². The maximum Gasteiger partial charge on any atom is 0.333 e. The van der Waals surface area contributed by atoms with Crippen molar-refractivity contribution >= 4 is 11.9 Å². The monoisotopic (exact) mass is 199 g/mol. The van der Waals surface area contributed by atoms with E-state index < -0.39 is 11.5 Å². The van der Waals surface area contributed by atoms with E-state index in [0.29, 0.717) is 6.42 Å². The standard InChI is InChI=1S/C10H17NO3/c1-4-6-7-10(5-2,9(13)14)11-8(3)12/h5H,2,4,6-7H2,1,3H3,(H,11,12)(H,13,14). The largest absolute Gasteiger partial charge is 0.479 e. The molecule has 1 unspecified atom stereocenters. The molecule has 0 bridgehead atoms. The van der Waals surface area contributed by atoms with Crippen LogP contribution < -0.4 is 5.32 Å². The number of aliphatic carboxylic acids is 1. The van der Waals surface area contributed by atoms with Gasteiger partial charge in [0.1, 0.15) is 0 Å². The molecule has 80 valence electrons. The van der Waals surface area contributed by atoms with Gasteiger partial charge in [0.25, 0.3) is 0 Å². The van der Waals surface area contributed by atoms with Crippen LogP contribution in [-0.2, 0) is 9.59 Å². The molecule has 0 radical (unpaired) electrons. The lowest BCUT2D eigenvalue weighted by atomic mass is 9.92. The van der Waals surface area contributed by atoms with Crippen molar-refractivity contribution in [2.45, 2.75) is 38.6 Å². The lowest BCUT2D eigenvalue weighted by Crippen LogP contribution is -2.52. The molecule has 4 nitrogen and oxygen atoms in total. The molecule has 0 rings (SSSR count). The summed E-state index contributed by atoms with van der Waals surface area (Å²) in [6.07, 6.45) is 3.27. The zero-order valence-corrected chi connectivity index (χ0v) is 8.67. The predicted molar refractivity (Wildman–Crippen MR) is 53.9 cm³/mol. The molecule has 14 heavy (non-hydrogen) atoms. The minimum Gasteiger partial charge on any atom is -0.479 e. The Labute approximate surface area is 84.0 Å². The summed E-state index contributed by atoms with van der Waals surface area (Å²) < 4.78 is 0. The summed E-state index contributed by atoms with van der Waals surface area (Å²) in [5.41, 5.74) is -1.30. The third-order valence-electron chi connectivity index (χ3n) is 2.05. The molecule has 0 fully saturated rings. The number of rotatable bonds is 6. The van der Waals surface area contributed by atoms with E-state index >= 15 is 0 Å². The fraction of sp³-hybridized carbons (Fsp3) is 0.600. The van der Waals surface area contributed by atoms with Gasteiger partial charge in [-0.2, -0.15) is 0 Å². The van der Waals surface area contributed by atoms with Crippen molar-refractivity contribution in [1.82, 2.24) is 5.32 Å². The molecule has 0 aromatic rings. The van der Waals surface area contributed by atoms with Crippen LogP contribution in [0.5, 0.6) is 0 Å². The predicted octanol–water partition coefficient (Wildman–Crippen LogP) is 1.32. The van der Waals surface area contributed by atoms with Crippen LogP contribution in [0.2, 0.25) is 0 Å². The van der Waals surface area contributed by atoms with Crippen molar-refractivity contribution in [3.63, 3.8) is 0 Å². The SMILES string of the molecule is C=CC(CCCC)(NC(C)=O)C(=O)O. The van der Waals surface area contributed by atoms with Crippen LogP contribution in [-0.4, -0.2) is 22.5 Å². The van der Waals surface area contributed by atoms with E-state index in [2.05, 4.69) is 11.9 Å². The van der Waals surface area contributed by atoms with Gasteiger partial charge in [-0.15, -0.1) is 6.58 Å². The molecule has 0 aliphatic heterocycles. The van der Waals surface area contributed by atoms with E-state index in [1.807, 2.05) is 6.92 Å². The normalized spacial score (nSPS) is 14.1.